The molecule has 166 valence electrons. The number of nitrogens with zero attached hydrogens (tertiary/aromatic N) is 4. The van der Waals surface area contributed by atoms with E-state index < -0.39 is 0 Å². The van der Waals surface area contributed by atoms with Gasteiger partial charge in [-0.3, -0.25) is 9.36 Å². The first-order valence-corrected chi connectivity index (χ1v) is 12.0. The summed E-state index contributed by atoms with van der Waals surface area (Å²) in [7, 11) is 0. The Morgan fingerprint density at radius 3 is 2.18 bits per heavy atom. The molecule has 0 saturated carbocycles. The highest BCUT2D eigenvalue weighted by Crippen LogP contribution is 2.29. The lowest BCUT2D eigenvalue weighted by molar-refractivity contribution is -0.139. The SMILES string of the molecule is CCOC(=O)CSc1nnc(CCn2c3ccccc3c3ccccc32)n1-c1ccccc1. The largest absolute Gasteiger partial charge is 0.465 e. The molecule has 0 aliphatic carbocycles. The molecule has 0 spiro atoms. The van der Waals surface area contributed by atoms with E-state index >= 15 is 0 Å². The van der Waals surface area contributed by atoms with Gasteiger partial charge in [-0.15, -0.1) is 10.2 Å². The van der Waals surface area contributed by atoms with Crippen molar-refractivity contribution >= 4 is 39.5 Å². The molecule has 0 N–H and O–H groups in total. The number of para-hydroxylation sites is 3. The fourth-order valence-electron chi connectivity index (χ4n) is 4.17. The van der Waals surface area contributed by atoms with Gasteiger partial charge in [-0.1, -0.05) is 66.4 Å². The Balaban J connectivity index is 1.48. The van der Waals surface area contributed by atoms with Crippen molar-refractivity contribution in [3.63, 3.8) is 0 Å². The summed E-state index contributed by atoms with van der Waals surface area (Å²) in [5.74, 6) is 0.803. The number of aryl methyl sites for hydroxylation is 2. The minimum atomic E-state index is -0.253. The van der Waals surface area contributed by atoms with Gasteiger partial charge in [-0.2, -0.15) is 0 Å². The summed E-state index contributed by atoms with van der Waals surface area (Å²) >= 11 is 1.35. The zero-order valence-corrected chi connectivity index (χ0v) is 19.2. The minimum Gasteiger partial charge on any atom is -0.465 e. The monoisotopic (exact) mass is 456 g/mol. The lowest BCUT2D eigenvalue weighted by Crippen LogP contribution is -2.10. The molecule has 0 fully saturated rings. The summed E-state index contributed by atoms with van der Waals surface area (Å²) in [6, 6.07) is 27.0. The smallest absolute Gasteiger partial charge is 0.316 e. The van der Waals surface area contributed by atoms with E-state index in [9.17, 15) is 4.79 Å². The first-order chi connectivity index (χ1) is 16.3. The second-order valence-electron chi connectivity index (χ2n) is 7.60. The van der Waals surface area contributed by atoms with E-state index in [1.807, 2.05) is 41.8 Å². The third kappa shape index (κ3) is 4.24. The van der Waals surface area contributed by atoms with Gasteiger partial charge < -0.3 is 9.30 Å². The van der Waals surface area contributed by atoms with Crippen LogP contribution in [0.4, 0.5) is 0 Å². The van der Waals surface area contributed by atoms with Crippen LogP contribution in [-0.2, 0) is 22.5 Å². The van der Waals surface area contributed by atoms with Gasteiger partial charge in [-0.25, -0.2) is 0 Å². The van der Waals surface area contributed by atoms with E-state index in [4.69, 9.17) is 4.74 Å². The van der Waals surface area contributed by atoms with Crippen LogP contribution < -0.4 is 0 Å². The Morgan fingerprint density at radius 2 is 1.52 bits per heavy atom. The predicted molar refractivity (Wildman–Crippen MR) is 132 cm³/mol. The molecule has 0 aliphatic rings. The Morgan fingerprint density at radius 1 is 0.879 bits per heavy atom. The molecule has 0 unspecified atom stereocenters. The van der Waals surface area contributed by atoms with Gasteiger partial charge in [0.05, 0.1) is 12.4 Å². The van der Waals surface area contributed by atoms with Crippen LogP contribution in [-0.4, -0.2) is 37.7 Å². The molecular formula is C26H24N4O2S. The lowest BCUT2D eigenvalue weighted by atomic mass is 10.2. The molecule has 0 saturated heterocycles. The number of hydrogen-bond donors (Lipinski definition) is 0. The molecule has 0 radical (unpaired) electrons. The van der Waals surface area contributed by atoms with Crippen LogP contribution in [0.1, 0.15) is 12.7 Å². The van der Waals surface area contributed by atoms with Crippen molar-refractivity contribution in [2.45, 2.75) is 25.0 Å². The van der Waals surface area contributed by atoms with Crippen molar-refractivity contribution in [1.29, 1.82) is 0 Å². The number of rotatable bonds is 8. The molecule has 0 atom stereocenters. The summed E-state index contributed by atoms with van der Waals surface area (Å²) < 4.78 is 9.46. The second-order valence-corrected chi connectivity index (χ2v) is 8.54. The van der Waals surface area contributed by atoms with E-state index in [0.29, 0.717) is 18.2 Å². The molecule has 2 heterocycles. The summed E-state index contributed by atoms with van der Waals surface area (Å²) in [5.41, 5.74) is 3.40. The summed E-state index contributed by atoms with van der Waals surface area (Å²) in [5, 5.41) is 12.1. The lowest BCUT2D eigenvalue weighted by Gasteiger charge is -2.11. The first kappa shape index (κ1) is 21.3. The third-order valence-electron chi connectivity index (χ3n) is 5.58. The average Bonchev–Trinajstić information content (AvgIpc) is 3.41. The van der Waals surface area contributed by atoms with E-state index in [0.717, 1.165) is 18.1 Å². The van der Waals surface area contributed by atoms with Crippen molar-refractivity contribution in [2.75, 3.05) is 12.4 Å². The fourth-order valence-corrected chi connectivity index (χ4v) is 4.94. The maximum Gasteiger partial charge on any atom is 0.316 e. The number of thioether (sulfide) groups is 1. The molecule has 0 bridgehead atoms. The topological polar surface area (TPSA) is 61.9 Å². The molecule has 6 nitrogen and oxygen atoms in total. The maximum atomic E-state index is 11.9. The molecule has 5 rings (SSSR count). The Bertz CT molecular complexity index is 1350. The molecule has 3 aromatic carbocycles. The summed E-state index contributed by atoms with van der Waals surface area (Å²) in [6.07, 6.45) is 0.699. The molecule has 0 amide bonds. The van der Waals surface area contributed by atoms with Gasteiger partial charge in [0.2, 0.25) is 0 Å². The van der Waals surface area contributed by atoms with Gasteiger partial charge >= 0.3 is 5.97 Å². The molecule has 5 aromatic rings. The third-order valence-corrected chi connectivity index (χ3v) is 6.48. The molecule has 0 aliphatic heterocycles. The van der Waals surface area contributed by atoms with Crippen LogP contribution in [0.25, 0.3) is 27.5 Å². The average molecular weight is 457 g/mol. The molecule has 33 heavy (non-hydrogen) atoms. The molecule has 2 aromatic heterocycles. The van der Waals surface area contributed by atoms with Gasteiger partial charge in [0, 0.05) is 40.5 Å². The fraction of sp³-hybridized carbons (Fsp3) is 0.192. The summed E-state index contributed by atoms with van der Waals surface area (Å²) in [6.45, 7) is 2.94. The first-order valence-electron chi connectivity index (χ1n) is 11.0. The molecule has 7 heteroatoms. The number of carbonyl (C=O) groups is 1. The van der Waals surface area contributed by atoms with E-state index in [1.54, 1.807) is 0 Å². The maximum absolute atomic E-state index is 11.9. The van der Waals surface area contributed by atoms with Gasteiger partial charge in [0.25, 0.3) is 0 Å². The number of esters is 1. The molecular weight excluding hydrogens is 432 g/mol. The Kier molecular flexibility index (Phi) is 6.13. The van der Waals surface area contributed by atoms with Crippen molar-refractivity contribution in [3.05, 3.63) is 84.7 Å². The van der Waals surface area contributed by atoms with Crippen molar-refractivity contribution in [2.24, 2.45) is 0 Å². The van der Waals surface area contributed by atoms with E-state index in [1.165, 1.54) is 33.6 Å². The van der Waals surface area contributed by atoms with Crippen LogP contribution in [0.15, 0.2) is 84.0 Å². The normalized spacial score (nSPS) is 11.3. The number of ether oxygens (including phenoxy) is 1. The summed E-state index contributed by atoms with van der Waals surface area (Å²) in [4.78, 5) is 11.9. The van der Waals surface area contributed by atoms with Crippen molar-refractivity contribution < 1.29 is 9.53 Å². The zero-order valence-electron chi connectivity index (χ0n) is 18.3. The van der Waals surface area contributed by atoms with Crippen LogP contribution in [0.3, 0.4) is 0 Å². The van der Waals surface area contributed by atoms with Crippen molar-refractivity contribution in [1.82, 2.24) is 19.3 Å². The van der Waals surface area contributed by atoms with Crippen LogP contribution in [0, 0.1) is 0 Å². The van der Waals surface area contributed by atoms with Gasteiger partial charge in [0.15, 0.2) is 5.16 Å². The Labute approximate surface area is 196 Å². The minimum absolute atomic E-state index is 0.200. The van der Waals surface area contributed by atoms with E-state index in [-0.39, 0.29) is 11.7 Å². The highest BCUT2D eigenvalue weighted by Gasteiger charge is 2.17. The number of benzene rings is 3. The highest BCUT2D eigenvalue weighted by atomic mass is 32.2. The van der Waals surface area contributed by atoms with Crippen LogP contribution in [0.5, 0.6) is 0 Å². The van der Waals surface area contributed by atoms with Crippen molar-refractivity contribution in [3.8, 4) is 5.69 Å². The van der Waals surface area contributed by atoms with Gasteiger partial charge in [-0.05, 0) is 31.2 Å². The van der Waals surface area contributed by atoms with E-state index in [2.05, 4.69) is 63.3 Å². The van der Waals surface area contributed by atoms with Crippen LogP contribution >= 0.6 is 11.8 Å². The highest BCUT2D eigenvalue weighted by molar-refractivity contribution is 7.99. The zero-order chi connectivity index (χ0) is 22.6. The van der Waals surface area contributed by atoms with Crippen LogP contribution in [0.2, 0.25) is 0 Å². The van der Waals surface area contributed by atoms with Gasteiger partial charge in [0.1, 0.15) is 5.82 Å². The predicted octanol–water partition coefficient (Wildman–Crippen LogP) is 5.27. The Hall–Kier alpha value is -3.58. The standard InChI is InChI=1S/C26H24N4O2S/c1-2-32-25(31)18-33-26-28-27-24(30(26)19-10-4-3-5-11-19)16-17-29-22-14-8-6-12-20(22)21-13-7-9-15-23(21)29/h3-15H,2,16-18H2,1H3. The number of fused-ring (bicyclic) bond motifs is 3. The second kappa shape index (κ2) is 9.50. The quantitative estimate of drug-likeness (QED) is 0.235. The number of hydrogen-bond acceptors (Lipinski definition) is 5. The number of aromatic nitrogens is 4. The number of carbonyl (C=O) groups excluding carboxylic acids is 1.